The van der Waals surface area contributed by atoms with Crippen molar-refractivity contribution in [2.24, 2.45) is 4.99 Å². The normalized spacial score (nSPS) is 19.9. The van der Waals surface area contributed by atoms with E-state index in [-0.39, 0.29) is 24.0 Å². The zero-order chi connectivity index (χ0) is 12.5. The van der Waals surface area contributed by atoms with Crippen molar-refractivity contribution in [3.63, 3.8) is 0 Å². The number of rotatable bonds is 4. The van der Waals surface area contributed by atoms with E-state index in [1.807, 2.05) is 0 Å². The first-order valence-corrected chi connectivity index (χ1v) is 7.45. The van der Waals surface area contributed by atoms with Crippen molar-refractivity contribution in [3.8, 4) is 12.3 Å². The lowest BCUT2D eigenvalue weighted by Gasteiger charge is -2.34. The minimum Gasteiger partial charge on any atom is -0.357 e. The maximum atomic E-state index is 5.25. The standard InChI is InChI=1S/C13H23N3S.HI/c1-4-7-8-15-13(14-6-3)16-9-10-17-12(5-2)11-16;/h1,12H,5-11H2,2-3H3,(H,14,15);1H. The van der Waals surface area contributed by atoms with Gasteiger partial charge >= 0.3 is 0 Å². The van der Waals surface area contributed by atoms with Crippen molar-refractivity contribution >= 4 is 41.7 Å². The molecule has 1 fully saturated rings. The molecule has 3 nitrogen and oxygen atoms in total. The van der Waals surface area contributed by atoms with Gasteiger partial charge in [-0.15, -0.1) is 36.3 Å². The molecule has 0 aromatic rings. The van der Waals surface area contributed by atoms with Gasteiger partial charge in [-0.05, 0) is 13.3 Å². The quantitative estimate of drug-likeness (QED) is 0.267. The van der Waals surface area contributed by atoms with Crippen molar-refractivity contribution in [2.75, 3.05) is 31.9 Å². The molecule has 1 aliphatic heterocycles. The molecule has 0 amide bonds. The summed E-state index contributed by atoms with van der Waals surface area (Å²) in [5.41, 5.74) is 0. The molecule has 1 heterocycles. The monoisotopic (exact) mass is 381 g/mol. The Morgan fingerprint density at radius 1 is 1.56 bits per heavy atom. The average molecular weight is 381 g/mol. The fourth-order valence-electron chi connectivity index (χ4n) is 1.81. The zero-order valence-corrected chi connectivity index (χ0v) is 14.5. The van der Waals surface area contributed by atoms with E-state index >= 15 is 0 Å². The SMILES string of the molecule is C#CCCN=C(NCC)N1CCSC(CC)C1.I. The first kappa shape index (κ1) is 17.9. The third-order valence-corrected chi connectivity index (χ3v) is 4.12. The Kier molecular flexibility index (Phi) is 10.7. The van der Waals surface area contributed by atoms with Crippen LogP contribution in [0, 0.1) is 12.3 Å². The molecule has 5 heteroatoms. The molecule has 0 bridgehead atoms. The Bertz CT molecular complexity index is 288. The van der Waals surface area contributed by atoms with Gasteiger partial charge in [-0.2, -0.15) is 11.8 Å². The molecule has 0 radical (unpaired) electrons. The first-order chi connectivity index (χ1) is 8.31. The van der Waals surface area contributed by atoms with Gasteiger partial charge in [-0.3, -0.25) is 4.99 Å². The van der Waals surface area contributed by atoms with E-state index in [4.69, 9.17) is 6.42 Å². The molecule has 1 unspecified atom stereocenters. The van der Waals surface area contributed by atoms with Crippen LogP contribution in [0.5, 0.6) is 0 Å². The second kappa shape index (κ2) is 10.8. The predicted molar refractivity (Wildman–Crippen MR) is 93.0 cm³/mol. The number of guanidine groups is 1. The molecule has 18 heavy (non-hydrogen) atoms. The maximum absolute atomic E-state index is 5.25. The van der Waals surface area contributed by atoms with E-state index in [9.17, 15) is 0 Å². The molecule has 1 rings (SSSR count). The van der Waals surface area contributed by atoms with Crippen LogP contribution in [0.4, 0.5) is 0 Å². The van der Waals surface area contributed by atoms with Crippen LogP contribution in [0.15, 0.2) is 4.99 Å². The lowest BCUT2D eigenvalue weighted by atomic mass is 10.3. The molecule has 1 atom stereocenters. The molecule has 0 saturated carbocycles. The van der Waals surface area contributed by atoms with E-state index in [1.54, 1.807) is 0 Å². The molecule has 0 spiro atoms. The van der Waals surface area contributed by atoms with E-state index in [2.05, 4.69) is 46.7 Å². The minimum atomic E-state index is 0. The van der Waals surface area contributed by atoms with Crippen molar-refractivity contribution in [1.29, 1.82) is 0 Å². The van der Waals surface area contributed by atoms with Crippen molar-refractivity contribution < 1.29 is 0 Å². The summed E-state index contributed by atoms with van der Waals surface area (Å²) >= 11 is 2.07. The van der Waals surface area contributed by atoms with E-state index < -0.39 is 0 Å². The van der Waals surface area contributed by atoms with Gasteiger partial charge < -0.3 is 10.2 Å². The summed E-state index contributed by atoms with van der Waals surface area (Å²) in [6, 6.07) is 0. The lowest BCUT2D eigenvalue weighted by molar-refractivity contribution is 0.408. The second-order valence-corrected chi connectivity index (χ2v) is 5.45. The van der Waals surface area contributed by atoms with Crippen molar-refractivity contribution in [1.82, 2.24) is 10.2 Å². The lowest BCUT2D eigenvalue weighted by Crippen LogP contribution is -2.48. The third kappa shape index (κ3) is 6.19. The van der Waals surface area contributed by atoms with Crippen LogP contribution >= 0.6 is 35.7 Å². The van der Waals surface area contributed by atoms with Gasteiger partial charge in [0.1, 0.15) is 0 Å². The van der Waals surface area contributed by atoms with Gasteiger partial charge in [-0.1, -0.05) is 6.92 Å². The van der Waals surface area contributed by atoms with Gasteiger partial charge in [0.2, 0.25) is 0 Å². The topological polar surface area (TPSA) is 27.6 Å². The number of nitrogens with zero attached hydrogens (tertiary/aromatic N) is 2. The van der Waals surface area contributed by atoms with Crippen LogP contribution in [0.3, 0.4) is 0 Å². The Labute approximate surface area is 133 Å². The molecule has 1 aliphatic rings. The molecule has 104 valence electrons. The number of hydrogen-bond acceptors (Lipinski definition) is 2. The van der Waals surface area contributed by atoms with Gasteiger partial charge in [0.25, 0.3) is 0 Å². The van der Waals surface area contributed by atoms with Gasteiger partial charge in [-0.25, -0.2) is 0 Å². The number of halogens is 1. The summed E-state index contributed by atoms with van der Waals surface area (Å²) in [6.45, 7) is 8.18. The molecule has 0 aromatic carbocycles. The van der Waals surface area contributed by atoms with Gasteiger partial charge in [0.05, 0.1) is 6.54 Å². The highest BCUT2D eigenvalue weighted by Gasteiger charge is 2.21. The molecule has 1 N–H and O–H groups in total. The summed E-state index contributed by atoms with van der Waals surface area (Å²) in [7, 11) is 0. The summed E-state index contributed by atoms with van der Waals surface area (Å²) in [5, 5.41) is 4.09. The molecule has 0 aliphatic carbocycles. The van der Waals surface area contributed by atoms with Gasteiger partial charge in [0, 0.05) is 37.1 Å². The molecule has 0 aromatic heterocycles. The fraction of sp³-hybridized carbons (Fsp3) is 0.769. The zero-order valence-electron chi connectivity index (χ0n) is 11.3. The van der Waals surface area contributed by atoms with Crippen molar-refractivity contribution in [3.05, 3.63) is 0 Å². The molecular formula is C13H24IN3S. The highest BCUT2D eigenvalue weighted by molar-refractivity contribution is 14.0. The Morgan fingerprint density at radius 3 is 2.94 bits per heavy atom. The fourth-order valence-corrected chi connectivity index (χ4v) is 2.99. The van der Waals surface area contributed by atoms with Crippen LogP contribution in [0.2, 0.25) is 0 Å². The summed E-state index contributed by atoms with van der Waals surface area (Å²) < 4.78 is 0. The average Bonchev–Trinajstić information content (AvgIpc) is 2.38. The van der Waals surface area contributed by atoms with Crippen LogP contribution in [-0.4, -0.2) is 48.0 Å². The number of nitrogens with one attached hydrogen (secondary N) is 1. The molecule has 1 saturated heterocycles. The Morgan fingerprint density at radius 2 is 2.33 bits per heavy atom. The van der Waals surface area contributed by atoms with Crippen LogP contribution in [0.25, 0.3) is 0 Å². The number of hydrogen-bond donors (Lipinski definition) is 1. The summed E-state index contributed by atoms with van der Waals surface area (Å²) in [6.07, 6.45) is 7.20. The van der Waals surface area contributed by atoms with E-state index in [0.717, 1.165) is 37.4 Å². The predicted octanol–water partition coefficient (Wildman–Crippen LogP) is 2.42. The second-order valence-electron chi connectivity index (χ2n) is 4.04. The number of aliphatic imine (C=N–C) groups is 1. The first-order valence-electron chi connectivity index (χ1n) is 6.40. The minimum absolute atomic E-state index is 0. The Hall–Kier alpha value is -0.0900. The van der Waals surface area contributed by atoms with Crippen LogP contribution in [-0.2, 0) is 0 Å². The largest absolute Gasteiger partial charge is 0.357 e. The van der Waals surface area contributed by atoms with E-state index in [1.165, 1.54) is 12.2 Å². The van der Waals surface area contributed by atoms with Crippen molar-refractivity contribution in [2.45, 2.75) is 31.9 Å². The molecular weight excluding hydrogens is 357 g/mol. The third-order valence-electron chi connectivity index (χ3n) is 2.75. The Balaban J connectivity index is 0.00000289. The van der Waals surface area contributed by atoms with Crippen LogP contribution in [0.1, 0.15) is 26.7 Å². The van der Waals surface area contributed by atoms with Gasteiger partial charge in [0.15, 0.2) is 5.96 Å². The number of terminal acetylenes is 1. The smallest absolute Gasteiger partial charge is 0.194 e. The maximum Gasteiger partial charge on any atom is 0.194 e. The number of thioether (sulfide) groups is 1. The van der Waals surface area contributed by atoms with Crippen LogP contribution < -0.4 is 5.32 Å². The highest BCUT2D eigenvalue weighted by Crippen LogP contribution is 2.20. The summed E-state index contributed by atoms with van der Waals surface area (Å²) in [5.74, 6) is 4.85. The summed E-state index contributed by atoms with van der Waals surface area (Å²) in [4.78, 5) is 6.94. The highest BCUT2D eigenvalue weighted by atomic mass is 127. The van der Waals surface area contributed by atoms with E-state index in [0.29, 0.717) is 6.42 Å².